The average molecular weight is 285 g/mol. The molecule has 1 saturated heterocycles. The highest BCUT2D eigenvalue weighted by Gasteiger charge is 2.20. The van der Waals surface area contributed by atoms with Crippen molar-refractivity contribution in [1.82, 2.24) is 4.90 Å². The van der Waals surface area contributed by atoms with E-state index < -0.39 is 0 Å². The molecule has 1 unspecified atom stereocenters. The molecule has 2 rings (SSSR count). The monoisotopic (exact) mass is 284 g/mol. The molecule has 1 aromatic carbocycles. The van der Waals surface area contributed by atoms with Gasteiger partial charge in [-0.2, -0.15) is 0 Å². The SMILES string of the molecule is NCC(c1ccc(Br)cc1)N1CCOCC1. The summed E-state index contributed by atoms with van der Waals surface area (Å²) in [6.07, 6.45) is 0. The van der Waals surface area contributed by atoms with Crippen LogP contribution >= 0.6 is 15.9 Å². The highest BCUT2D eigenvalue weighted by atomic mass is 79.9. The van der Waals surface area contributed by atoms with E-state index in [0.29, 0.717) is 12.6 Å². The van der Waals surface area contributed by atoms with Crippen LogP contribution in [0.4, 0.5) is 0 Å². The lowest BCUT2D eigenvalue weighted by Gasteiger charge is -2.34. The molecule has 1 aromatic rings. The van der Waals surface area contributed by atoms with E-state index in [4.69, 9.17) is 10.5 Å². The summed E-state index contributed by atoms with van der Waals surface area (Å²) < 4.78 is 6.46. The Morgan fingerprint density at radius 3 is 2.44 bits per heavy atom. The Balaban J connectivity index is 2.11. The molecule has 3 nitrogen and oxygen atoms in total. The van der Waals surface area contributed by atoms with Gasteiger partial charge in [-0.1, -0.05) is 28.1 Å². The lowest BCUT2D eigenvalue weighted by atomic mass is 10.1. The van der Waals surface area contributed by atoms with Gasteiger partial charge in [0.15, 0.2) is 0 Å². The molecule has 0 aromatic heterocycles. The molecule has 1 aliphatic rings. The van der Waals surface area contributed by atoms with Gasteiger partial charge in [0.25, 0.3) is 0 Å². The number of nitrogens with two attached hydrogens (primary N) is 1. The molecule has 0 spiro atoms. The predicted molar refractivity (Wildman–Crippen MR) is 68.3 cm³/mol. The third-order valence-electron chi connectivity index (χ3n) is 2.96. The number of hydrogen-bond acceptors (Lipinski definition) is 3. The molecule has 0 radical (unpaired) electrons. The van der Waals surface area contributed by atoms with Crippen molar-refractivity contribution in [3.63, 3.8) is 0 Å². The van der Waals surface area contributed by atoms with Gasteiger partial charge >= 0.3 is 0 Å². The first-order valence-electron chi connectivity index (χ1n) is 5.58. The van der Waals surface area contributed by atoms with E-state index in [-0.39, 0.29) is 0 Å². The van der Waals surface area contributed by atoms with Gasteiger partial charge in [0.2, 0.25) is 0 Å². The molecule has 1 heterocycles. The van der Waals surface area contributed by atoms with Gasteiger partial charge < -0.3 is 10.5 Å². The molecule has 1 fully saturated rings. The maximum atomic E-state index is 5.88. The van der Waals surface area contributed by atoms with Crippen molar-refractivity contribution >= 4 is 15.9 Å². The van der Waals surface area contributed by atoms with Crippen LogP contribution in [0.25, 0.3) is 0 Å². The first kappa shape index (κ1) is 12.0. The zero-order chi connectivity index (χ0) is 11.4. The van der Waals surface area contributed by atoms with Crippen LogP contribution in [0.2, 0.25) is 0 Å². The average Bonchev–Trinajstić information content (AvgIpc) is 2.34. The van der Waals surface area contributed by atoms with Crippen molar-refractivity contribution in [3.8, 4) is 0 Å². The van der Waals surface area contributed by atoms with Crippen LogP contribution in [0.5, 0.6) is 0 Å². The van der Waals surface area contributed by atoms with E-state index in [1.807, 2.05) is 0 Å². The molecular formula is C12H17BrN2O. The summed E-state index contributed by atoms with van der Waals surface area (Å²) in [4.78, 5) is 2.40. The predicted octanol–water partition coefficient (Wildman–Crippen LogP) is 1.78. The summed E-state index contributed by atoms with van der Waals surface area (Å²) in [7, 11) is 0. The largest absolute Gasteiger partial charge is 0.379 e. The van der Waals surface area contributed by atoms with Crippen molar-refractivity contribution in [1.29, 1.82) is 0 Å². The van der Waals surface area contributed by atoms with Gasteiger partial charge in [-0.15, -0.1) is 0 Å². The number of ether oxygens (including phenoxy) is 1. The van der Waals surface area contributed by atoms with Crippen LogP contribution in [0.15, 0.2) is 28.7 Å². The van der Waals surface area contributed by atoms with Crippen LogP contribution in [-0.2, 0) is 4.74 Å². The van der Waals surface area contributed by atoms with Crippen LogP contribution in [0.3, 0.4) is 0 Å². The van der Waals surface area contributed by atoms with Crippen LogP contribution < -0.4 is 5.73 Å². The summed E-state index contributed by atoms with van der Waals surface area (Å²) >= 11 is 3.45. The van der Waals surface area contributed by atoms with Crippen molar-refractivity contribution in [2.75, 3.05) is 32.8 Å². The molecular weight excluding hydrogens is 268 g/mol. The molecule has 2 N–H and O–H groups in total. The van der Waals surface area contributed by atoms with E-state index >= 15 is 0 Å². The van der Waals surface area contributed by atoms with Crippen LogP contribution in [0.1, 0.15) is 11.6 Å². The van der Waals surface area contributed by atoms with Crippen molar-refractivity contribution < 1.29 is 4.74 Å². The molecule has 1 aliphatic heterocycles. The second-order valence-corrected chi connectivity index (χ2v) is 4.87. The highest BCUT2D eigenvalue weighted by molar-refractivity contribution is 9.10. The molecule has 4 heteroatoms. The van der Waals surface area contributed by atoms with Crippen LogP contribution in [0, 0.1) is 0 Å². The van der Waals surface area contributed by atoms with Crippen LogP contribution in [-0.4, -0.2) is 37.7 Å². The van der Waals surface area contributed by atoms with E-state index in [2.05, 4.69) is 45.1 Å². The standard InChI is InChI=1S/C12H17BrN2O/c13-11-3-1-10(2-4-11)12(9-14)15-5-7-16-8-6-15/h1-4,12H,5-9,14H2. The smallest absolute Gasteiger partial charge is 0.0594 e. The summed E-state index contributed by atoms with van der Waals surface area (Å²) in [5.74, 6) is 0. The summed E-state index contributed by atoms with van der Waals surface area (Å²) in [6.45, 7) is 4.22. The Morgan fingerprint density at radius 1 is 1.25 bits per heavy atom. The van der Waals surface area contributed by atoms with Gasteiger partial charge in [0, 0.05) is 30.1 Å². The minimum Gasteiger partial charge on any atom is -0.379 e. The number of halogens is 1. The van der Waals surface area contributed by atoms with Gasteiger partial charge in [-0.05, 0) is 17.7 Å². The van der Waals surface area contributed by atoms with Crippen molar-refractivity contribution in [2.24, 2.45) is 5.73 Å². The maximum Gasteiger partial charge on any atom is 0.0594 e. The Hall–Kier alpha value is -0.420. The van der Waals surface area contributed by atoms with E-state index in [1.54, 1.807) is 0 Å². The first-order chi connectivity index (χ1) is 7.81. The van der Waals surface area contributed by atoms with E-state index in [9.17, 15) is 0 Å². The molecule has 0 aliphatic carbocycles. The fourth-order valence-electron chi connectivity index (χ4n) is 2.07. The summed E-state index contributed by atoms with van der Waals surface area (Å²) in [5, 5.41) is 0. The second-order valence-electron chi connectivity index (χ2n) is 3.95. The third kappa shape index (κ3) is 2.83. The Labute approximate surface area is 105 Å². The number of benzene rings is 1. The van der Waals surface area contributed by atoms with Gasteiger partial charge in [-0.25, -0.2) is 0 Å². The van der Waals surface area contributed by atoms with Crippen molar-refractivity contribution in [2.45, 2.75) is 6.04 Å². The fourth-order valence-corrected chi connectivity index (χ4v) is 2.33. The van der Waals surface area contributed by atoms with E-state index in [0.717, 1.165) is 30.8 Å². The first-order valence-corrected chi connectivity index (χ1v) is 6.38. The molecule has 0 amide bonds. The Kier molecular flexibility index (Phi) is 4.35. The number of rotatable bonds is 3. The molecule has 0 bridgehead atoms. The third-order valence-corrected chi connectivity index (χ3v) is 3.49. The quantitative estimate of drug-likeness (QED) is 0.920. The highest BCUT2D eigenvalue weighted by Crippen LogP contribution is 2.22. The van der Waals surface area contributed by atoms with Crippen molar-refractivity contribution in [3.05, 3.63) is 34.3 Å². The molecule has 16 heavy (non-hydrogen) atoms. The number of morpholine rings is 1. The van der Waals surface area contributed by atoms with E-state index in [1.165, 1.54) is 5.56 Å². The lowest BCUT2D eigenvalue weighted by Crippen LogP contribution is -2.41. The minimum absolute atomic E-state index is 0.317. The normalized spacial score (nSPS) is 19.6. The summed E-state index contributed by atoms with van der Waals surface area (Å²) in [5.41, 5.74) is 7.16. The summed E-state index contributed by atoms with van der Waals surface area (Å²) in [6, 6.07) is 8.72. The number of nitrogens with zero attached hydrogens (tertiary/aromatic N) is 1. The zero-order valence-electron chi connectivity index (χ0n) is 9.23. The maximum absolute atomic E-state index is 5.88. The molecule has 0 saturated carbocycles. The van der Waals surface area contributed by atoms with Gasteiger partial charge in [0.1, 0.15) is 0 Å². The molecule has 1 atom stereocenters. The van der Waals surface area contributed by atoms with Gasteiger partial charge in [-0.3, -0.25) is 4.90 Å². The Morgan fingerprint density at radius 2 is 1.88 bits per heavy atom. The second kappa shape index (κ2) is 5.77. The Bertz CT molecular complexity index is 322. The lowest BCUT2D eigenvalue weighted by molar-refractivity contribution is 0.0179. The number of hydrogen-bond donors (Lipinski definition) is 1. The van der Waals surface area contributed by atoms with Gasteiger partial charge in [0.05, 0.1) is 13.2 Å². The zero-order valence-corrected chi connectivity index (χ0v) is 10.8. The minimum atomic E-state index is 0.317. The fraction of sp³-hybridized carbons (Fsp3) is 0.500. The molecule has 88 valence electrons. The topological polar surface area (TPSA) is 38.5 Å².